The molecule has 2 aliphatic heterocycles. The van der Waals surface area contributed by atoms with Crippen LogP contribution in [0.15, 0.2) is 46.0 Å². The van der Waals surface area contributed by atoms with Gasteiger partial charge in [-0.1, -0.05) is 6.07 Å². The molecular formula is C19H14BrN3O5S. The molecule has 0 atom stereocenters. The van der Waals surface area contributed by atoms with Gasteiger partial charge in [-0.05, 0) is 57.5 Å². The van der Waals surface area contributed by atoms with E-state index in [1.165, 1.54) is 6.20 Å². The molecule has 1 N–H and O–H groups in total. The van der Waals surface area contributed by atoms with Gasteiger partial charge in [0.2, 0.25) is 6.79 Å². The number of hydrogen-bond donors (Lipinski definition) is 1. The zero-order valence-corrected chi connectivity index (χ0v) is 17.3. The van der Waals surface area contributed by atoms with Crippen molar-refractivity contribution in [2.24, 2.45) is 0 Å². The Bertz CT molecular complexity index is 1040. The van der Waals surface area contributed by atoms with E-state index in [9.17, 15) is 14.4 Å². The lowest BCUT2D eigenvalue weighted by Gasteiger charge is -2.13. The van der Waals surface area contributed by atoms with Crippen LogP contribution in [0.25, 0.3) is 6.08 Å². The minimum Gasteiger partial charge on any atom is -0.454 e. The molecule has 0 radical (unpaired) electrons. The van der Waals surface area contributed by atoms with Crippen molar-refractivity contribution in [1.29, 1.82) is 0 Å². The molecule has 10 heteroatoms. The number of ether oxygens (including phenoxy) is 2. The highest BCUT2D eigenvalue weighted by Gasteiger charge is 2.34. The maximum Gasteiger partial charge on any atom is 0.293 e. The number of halogens is 1. The number of fused-ring (bicyclic) bond motifs is 1. The number of hydrogen-bond acceptors (Lipinski definition) is 7. The van der Waals surface area contributed by atoms with E-state index >= 15 is 0 Å². The van der Waals surface area contributed by atoms with Crippen LogP contribution >= 0.6 is 27.7 Å². The van der Waals surface area contributed by atoms with Crippen LogP contribution in [0.3, 0.4) is 0 Å². The third kappa shape index (κ3) is 4.28. The first-order valence-corrected chi connectivity index (χ1v) is 10.2. The van der Waals surface area contributed by atoms with E-state index in [0.29, 0.717) is 26.4 Å². The smallest absolute Gasteiger partial charge is 0.293 e. The molecule has 3 heterocycles. The minimum atomic E-state index is -0.393. The van der Waals surface area contributed by atoms with Crippen molar-refractivity contribution in [2.75, 3.05) is 19.9 Å². The lowest BCUT2D eigenvalue weighted by atomic mass is 10.2. The van der Waals surface area contributed by atoms with Crippen molar-refractivity contribution in [3.8, 4) is 11.5 Å². The first kappa shape index (κ1) is 19.5. The third-order valence-electron chi connectivity index (χ3n) is 4.16. The summed E-state index contributed by atoms with van der Waals surface area (Å²) < 4.78 is 11.3. The summed E-state index contributed by atoms with van der Waals surface area (Å²) in [4.78, 5) is 42.3. The fourth-order valence-electron chi connectivity index (χ4n) is 2.77. The van der Waals surface area contributed by atoms with Gasteiger partial charge >= 0.3 is 0 Å². The molecule has 1 fully saturated rings. The molecule has 0 spiro atoms. The first-order valence-electron chi connectivity index (χ1n) is 8.55. The molecule has 4 rings (SSSR count). The number of carbonyl (C=O) groups excluding carboxylic acids is 3. The number of nitrogens with one attached hydrogen (secondary N) is 1. The fraction of sp³-hybridized carbons (Fsp3) is 0.158. The van der Waals surface area contributed by atoms with Gasteiger partial charge in [-0.15, -0.1) is 0 Å². The van der Waals surface area contributed by atoms with Crippen molar-refractivity contribution in [3.63, 3.8) is 0 Å². The van der Waals surface area contributed by atoms with E-state index in [0.717, 1.165) is 22.2 Å². The number of amides is 3. The van der Waals surface area contributed by atoms with Crippen molar-refractivity contribution >= 4 is 50.8 Å². The van der Waals surface area contributed by atoms with E-state index in [4.69, 9.17) is 9.47 Å². The van der Waals surface area contributed by atoms with Crippen LogP contribution in [0.4, 0.5) is 4.79 Å². The summed E-state index contributed by atoms with van der Waals surface area (Å²) >= 11 is 4.12. The van der Waals surface area contributed by atoms with E-state index in [1.807, 2.05) is 0 Å². The van der Waals surface area contributed by atoms with Gasteiger partial charge in [0.25, 0.3) is 17.1 Å². The summed E-state index contributed by atoms with van der Waals surface area (Å²) in [5.41, 5.74) is 1.12. The Balaban J connectivity index is 1.37. The van der Waals surface area contributed by atoms with Gasteiger partial charge in [0, 0.05) is 30.0 Å². The second kappa shape index (κ2) is 8.26. The predicted octanol–water partition coefficient (Wildman–Crippen LogP) is 3.04. The second-order valence-electron chi connectivity index (χ2n) is 6.09. The average Bonchev–Trinajstić information content (AvgIpc) is 3.27. The van der Waals surface area contributed by atoms with E-state index < -0.39 is 5.91 Å². The number of nitrogens with zero attached hydrogens (tertiary/aromatic N) is 2. The normalized spacial score (nSPS) is 16.6. The topological polar surface area (TPSA) is 97.8 Å². The van der Waals surface area contributed by atoms with Gasteiger partial charge in [-0.3, -0.25) is 24.3 Å². The van der Waals surface area contributed by atoms with Crippen LogP contribution < -0.4 is 14.8 Å². The summed E-state index contributed by atoms with van der Waals surface area (Å²) in [6.07, 6.45) is 4.65. The minimum absolute atomic E-state index is 0.0797. The van der Waals surface area contributed by atoms with Gasteiger partial charge < -0.3 is 14.8 Å². The lowest BCUT2D eigenvalue weighted by molar-refractivity contribution is -0.122. The van der Waals surface area contributed by atoms with Gasteiger partial charge in [0.1, 0.15) is 0 Å². The summed E-state index contributed by atoms with van der Waals surface area (Å²) in [5.74, 6) is 0.520. The summed E-state index contributed by atoms with van der Waals surface area (Å²) in [7, 11) is 0. The first-order chi connectivity index (χ1) is 14.0. The van der Waals surface area contributed by atoms with Crippen LogP contribution in [-0.4, -0.2) is 46.8 Å². The summed E-state index contributed by atoms with van der Waals surface area (Å²) in [6.45, 7) is 0.383. The lowest BCUT2D eigenvalue weighted by Crippen LogP contribution is -2.37. The van der Waals surface area contributed by atoms with Gasteiger partial charge in [0.15, 0.2) is 11.5 Å². The molecule has 1 saturated heterocycles. The van der Waals surface area contributed by atoms with Crippen molar-refractivity contribution < 1.29 is 23.9 Å². The second-order valence-corrected chi connectivity index (χ2v) is 8.00. The number of thioether (sulfide) groups is 1. The van der Waals surface area contributed by atoms with Crippen LogP contribution in [0, 0.1) is 0 Å². The molecule has 0 aliphatic carbocycles. The molecule has 0 bridgehead atoms. The van der Waals surface area contributed by atoms with Crippen LogP contribution in [0.2, 0.25) is 0 Å². The predicted molar refractivity (Wildman–Crippen MR) is 110 cm³/mol. The molecule has 2 aromatic rings. The molecule has 0 saturated carbocycles. The molecule has 148 valence electrons. The van der Waals surface area contributed by atoms with Crippen molar-refractivity contribution in [3.05, 3.63) is 57.2 Å². The molecule has 2 aliphatic rings. The highest BCUT2D eigenvalue weighted by molar-refractivity contribution is 9.10. The van der Waals surface area contributed by atoms with Gasteiger partial charge in [-0.2, -0.15) is 0 Å². The Hall–Kier alpha value is -2.85. The van der Waals surface area contributed by atoms with E-state index in [1.54, 1.807) is 36.5 Å². The highest BCUT2D eigenvalue weighted by atomic mass is 79.9. The van der Waals surface area contributed by atoms with Crippen LogP contribution in [0.5, 0.6) is 11.5 Å². The van der Waals surface area contributed by atoms with Gasteiger partial charge in [-0.25, -0.2) is 0 Å². The number of aromatic nitrogens is 1. The van der Waals surface area contributed by atoms with E-state index in [-0.39, 0.29) is 31.0 Å². The van der Waals surface area contributed by atoms with Crippen molar-refractivity contribution in [1.82, 2.24) is 15.2 Å². The zero-order valence-electron chi connectivity index (χ0n) is 14.9. The maximum atomic E-state index is 12.6. The monoisotopic (exact) mass is 475 g/mol. The van der Waals surface area contributed by atoms with Crippen LogP contribution in [-0.2, 0) is 4.79 Å². The number of carbonyl (C=O) groups is 3. The quantitative estimate of drug-likeness (QED) is 0.663. The largest absolute Gasteiger partial charge is 0.454 e. The molecule has 3 amide bonds. The number of benzene rings is 1. The maximum absolute atomic E-state index is 12.6. The Labute approximate surface area is 178 Å². The Morgan fingerprint density at radius 2 is 2.07 bits per heavy atom. The Morgan fingerprint density at radius 1 is 1.24 bits per heavy atom. The zero-order chi connectivity index (χ0) is 20.4. The fourth-order valence-corrected chi connectivity index (χ4v) is 4.00. The Morgan fingerprint density at radius 3 is 2.90 bits per heavy atom. The SMILES string of the molecule is O=C(NCCN1C(=O)S/C(=C\c2ccc3c(c2)OCO3)C1=O)c1cncc(Br)c1. The van der Waals surface area contributed by atoms with E-state index in [2.05, 4.69) is 26.2 Å². The summed E-state index contributed by atoms with van der Waals surface area (Å²) in [6, 6.07) is 6.93. The molecule has 29 heavy (non-hydrogen) atoms. The molecule has 1 aromatic carbocycles. The highest BCUT2D eigenvalue weighted by Crippen LogP contribution is 2.36. The average molecular weight is 476 g/mol. The molecular weight excluding hydrogens is 462 g/mol. The number of pyridine rings is 1. The molecule has 0 unspecified atom stereocenters. The number of rotatable bonds is 5. The van der Waals surface area contributed by atoms with Crippen LogP contribution in [0.1, 0.15) is 15.9 Å². The Kier molecular flexibility index (Phi) is 5.54. The molecule has 1 aromatic heterocycles. The van der Waals surface area contributed by atoms with Crippen molar-refractivity contribution in [2.45, 2.75) is 0 Å². The standard InChI is InChI=1S/C19H14BrN3O5S/c20-13-7-12(8-21-9-13)17(24)22-3-4-23-18(25)16(29-19(23)26)6-11-1-2-14-15(5-11)28-10-27-14/h1-2,5-9H,3-4,10H2,(H,22,24)/b16-6-. The van der Waals surface area contributed by atoms with Gasteiger partial charge in [0.05, 0.1) is 10.5 Å². The number of imide groups is 1. The summed E-state index contributed by atoms with van der Waals surface area (Å²) in [5, 5.41) is 2.31. The molecule has 8 nitrogen and oxygen atoms in total. The third-order valence-corrected chi connectivity index (χ3v) is 5.50.